The molecule has 0 saturated carbocycles. The molecule has 3 heterocycles. The van der Waals surface area contributed by atoms with Gasteiger partial charge in [0.15, 0.2) is 0 Å². The van der Waals surface area contributed by atoms with E-state index in [0.29, 0.717) is 5.92 Å². The molecule has 0 amide bonds. The molecule has 27 heavy (non-hydrogen) atoms. The standard InChI is InChI=1S/C21H31N5O/c1-24-20(16-25-11-5-6-12-25)22-23-21(24)18-9-7-13-26(15-18)14-17-8-3-4-10-19(17)27-2/h3-4,8,10,18H,5-7,9,11-16H2,1-2H3/t18-/m0/s1. The van der Waals surface area contributed by atoms with Gasteiger partial charge in [0.05, 0.1) is 13.7 Å². The molecule has 1 atom stereocenters. The van der Waals surface area contributed by atoms with Gasteiger partial charge in [-0.1, -0.05) is 18.2 Å². The average Bonchev–Trinajstić information content (AvgIpc) is 3.33. The topological polar surface area (TPSA) is 46.4 Å². The van der Waals surface area contributed by atoms with E-state index >= 15 is 0 Å². The molecule has 2 fully saturated rings. The van der Waals surface area contributed by atoms with Crippen molar-refractivity contribution >= 4 is 0 Å². The first kappa shape index (κ1) is 18.4. The Balaban J connectivity index is 1.43. The second kappa shape index (κ2) is 8.40. The molecule has 2 aromatic rings. The van der Waals surface area contributed by atoms with Gasteiger partial charge in [-0.05, 0) is 51.4 Å². The summed E-state index contributed by atoms with van der Waals surface area (Å²) in [6, 6.07) is 8.33. The third-order valence-corrected chi connectivity index (χ3v) is 6.02. The summed E-state index contributed by atoms with van der Waals surface area (Å²) in [6.07, 6.45) is 5.02. The zero-order chi connectivity index (χ0) is 18.6. The number of benzene rings is 1. The van der Waals surface area contributed by atoms with E-state index in [1.54, 1.807) is 7.11 Å². The van der Waals surface area contributed by atoms with Gasteiger partial charge in [-0.2, -0.15) is 0 Å². The van der Waals surface area contributed by atoms with Crippen LogP contribution in [0.2, 0.25) is 0 Å². The normalized spacial score (nSPS) is 21.6. The van der Waals surface area contributed by atoms with Crippen molar-refractivity contribution in [3.8, 4) is 5.75 Å². The molecule has 1 aromatic heterocycles. The van der Waals surface area contributed by atoms with E-state index in [1.165, 1.54) is 44.3 Å². The van der Waals surface area contributed by atoms with Gasteiger partial charge in [-0.25, -0.2) is 0 Å². The number of hydrogen-bond donors (Lipinski definition) is 0. The largest absolute Gasteiger partial charge is 0.496 e. The van der Waals surface area contributed by atoms with Gasteiger partial charge in [-0.15, -0.1) is 10.2 Å². The Bertz CT molecular complexity index is 753. The summed E-state index contributed by atoms with van der Waals surface area (Å²) in [5.41, 5.74) is 1.26. The molecule has 0 unspecified atom stereocenters. The highest BCUT2D eigenvalue weighted by Gasteiger charge is 2.27. The zero-order valence-corrected chi connectivity index (χ0v) is 16.6. The summed E-state index contributed by atoms with van der Waals surface area (Å²) in [6.45, 7) is 6.41. The number of ether oxygens (including phenoxy) is 1. The SMILES string of the molecule is COc1ccccc1CN1CCC[C@H](c2nnc(CN3CCCC3)n2C)C1. The smallest absolute Gasteiger partial charge is 0.146 e. The van der Waals surface area contributed by atoms with Gasteiger partial charge in [0.25, 0.3) is 0 Å². The molecule has 0 N–H and O–H groups in total. The third kappa shape index (κ3) is 4.17. The van der Waals surface area contributed by atoms with Crippen molar-refractivity contribution in [2.45, 2.75) is 44.7 Å². The first-order valence-electron chi connectivity index (χ1n) is 10.2. The van der Waals surface area contributed by atoms with Crippen LogP contribution in [-0.2, 0) is 20.1 Å². The molecular formula is C21H31N5O. The van der Waals surface area contributed by atoms with E-state index in [4.69, 9.17) is 4.74 Å². The maximum absolute atomic E-state index is 5.53. The Hall–Kier alpha value is -1.92. The van der Waals surface area contributed by atoms with E-state index < -0.39 is 0 Å². The van der Waals surface area contributed by atoms with E-state index in [-0.39, 0.29) is 0 Å². The van der Waals surface area contributed by atoms with E-state index in [1.807, 2.05) is 12.1 Å². The summed E-state index contributed by atoms with van der Waals surface area (Å²) in [7, 11) is 3.89. The van der Waals surface area contributed by atoms with E-state index in [9.17, 15) is 0 Å². The van der Waals surface area contributed by atoms with Crippen molar-refractivity contribution in [3.63, 3.8) is 0 Å². The number of piperidine rings is 1. The van der Waals surface area contributed by atoms with Crippen molar-refractivity contribution in [2.75, 3.05) is 33.3 Å². The maximum atomic E-state index is 5.53. The molecule has 1 aromatic carbocycles. The molecule has 2 aliphatic rings. The van der Waals surface area contributed by atoms with Crippen LogP contribution in [0.15, 0.2) is 24.3 Å². The number of likely N-dealkylation sites (tertiary alicyclic amines) is 2. The van der Waals surface area contributed by atoms with Crippen molar-refractivity contribution in [3.05, 3.63) is 41.5 Å². The number of nitrogens with zero attached hydrogens (tertiary/aromatic N) is 5. The second-order valence-corrected chi connectivity index (χ2v) is 7.90. The first-order chi connectivity index (χ1) is 13.2. The Labute approximate surface area is 162 Å². The molecule has 2 saturated heterocycles. The molecule has 6 nitrogen and oxygen atoms in total. The number of hydrogen-bond acceptors (Lipinski definition) is 5. The van der Waals surface area contributed by atoms with Crippen LogP contribution in [0.25, 0.3) is 0 Å². The Morgan fingerprint density at radius 3 is 2.59 bits per heavy atom. The molecule has 2 aliphatic heterocycles. The lowest BCUT2D eigenvalue weighted by molar-refractivity contribution is 0.193. The summed E-state index contributed by atoms with van der Waals surface area (Å²) >= 11 is 0. The molecule has 0 bridgehead atoms. The predicted molar refractivity (Wildman–Crippen MR) is 106 cm³/mol. The Morgan fingerprint density at radius 1 is 1.00 bits per heavy atom. The molecule has 146 valence electrons. The van der Waals surface area contributed by atoms with Crippen LogP contribution in [0.5, 0.6) is 5.75 Å². The summed E-state index contributed by atoms with van der Waals surface area (Å²) in [5, 5.41) is 9.12. The number of aromatic nitrogens is 3. The minimum atomic E-state index is 0.457. The van der Waals surface area contributed by atoms with Crippen LogP contribution in [0.1, 0.15) is 48.8 Å². The highest BCUT2D eigenvalue weighted by atomic mass is 16.5. The van der Waals surface area contributed by atoms with Crippen LogP contribution < -0.4 is 4.74 Å². The minimum absolute atomic E-state index is 0.457. The molecular weight excluding hydrogens is 338 g/mol. The van der Waals surface area contributed by atoms with Crippen LogP contribution in [0, 0.1) is 0 Å². The van der Waals surface area contributed by atoms with Crippen molar-refractivity contribution in [2.24, 2.45) is 7.05 Å². The fraction of sp³-hybridized carbons (Fsp3) is 0.619. The average molecular weight is 370 g/mol. The van der Waals surface area contributed by atoms with Crippen molar-refractivity contribution in [1.82, 2.24) is 24.6 Å². The van der Waals surface area contributed by atoms with Gasteiger partial charge in [0, 0.05) is 31.6 Å². The maximum Gasteiger partial charge on any atom is 0.146 e. The van der Waals surface area contributed by atoms with E-state index in [0.717, 1.165) is 43.6 Å². The molecule has 0 aliphatic carbocycles. The van der Waals surface area contributed by atoms with Crippen LogP contribution in [-0.4, -0.2) is 57.9 Å². The fourth-order valence-corrected chi connectivity index (χ4v) is 4.49. The van der Waals surface area contributed by atoms with Crippen molar-refractivity contribution < 1.29 is 4.74 Å². The second-order valence-electron chi connectivity index (χ2n) is 7.90. The molecule has 6 heteroatoms. The molecule has 0 spiro atoms. The third-order valence-electron chi connectivity index (χ3n) is 6.02. The summed E-state index contributed by atoms with van der Waals surface area (Å²) in [5.74, 6) is 3.69. The molecule has 4 rings (SSSR count). The zero-order valence-electron chi connectivity index (χ0n) is 16.6. The van der Waals surface area contributed by atoms with Crippen LogP contribution in [0.3, 0.4) is 0 Å². The summed E-state index contributed by atoms with van der Waals surface area (Å²) < 4.78 is 7.77. The van der Waals surface area contributed by atoms with Crippen LogP contribution in [0.4, 0.5) is 0 Å². The number of para-hydroxylation sites is 1. The lowest BCUT2D eigenvalue weighted by atomic mass is 9.96. The fourth-order valence-electron chi connectivity index (χ4n) is 4.49. The number of methoxy groups -OCH3 is 1. The van der Waals surface area contributed by atoms with Gasteiger partial charge >= 0.3 is 0 Å². The number of rotatable bonds is 6. The lowest BCUT2D eigenvalue weighted by Crippen LogP contribution is -2.35. The highest BCUT2D eigenvalue weighted by Crippen LogP contribution is 2.28. The molecule has 0 radical (unpaired) electrons. The van der Waals surface area contributed by atoms with Gasteiger partial charge in [-0.3, -0.25) is 9.80 Å². The Morgan fingerprint density at radius 2 is 1.78 bits per heavy atom. The monoisotopic (exact) mass is 369 g/mol. The van der Waals surface area contributed by atoms with Crippen LogP contribution >= 0.6 is 0 Å². The quantitative estimate of drug-likeness (QED) is 0.784. The van der Waals surface area contributed by atoms with Crippen molar-refractivity contribution in [1.29, 1.82) is 0 Å². The predicted octanol–water partition coefficient (Wildman–Crippen LogP) is 2.80. The lowest BCUT2D eigenvalue weighted by Gasteiger charge is -2.32. The highest BCUT2D eigenvalue weighted by molar-refractivity contribution is 5.33. The first-order valence-corrected chi connectivity index (χ1v) is 10.2. The van der Waals surface area contributed by atoms with Gasteiger partial charge < -0.3 is 9.30 Å². The summed E-state index contributed by atoms with van der Waals surface area (Å²) in [4.78, 5) is 5.02. The van der Waals surface area contributed by atoms with E-state index in [2.05, 4.69) is 43.7 Å². The Kier molecular flexibility index (Phi) is 5.74. The minimum Gasteiger partial charge on any atom is -0.496 e. The van der Waals surface area contributed by atoms with Gasteiger partial charge in [0.1, 0.15) is 17.4 Å². The van der Waals surface area contributed by atoms with Gasteiger partial charge in [0.2, 0.25) is 0 Å².